The molecule has 1 atom stereocenters. The molecule has 0 bridgehead atoms. The smallest absolute Gasteiger partial charge is 0.389 e. The molecule has 0 fully saturated rings. The maximum Gasteiger partial charge on any atom is 0.441 e. The Kier molecular flexibility index (Phi) is 4.70. The predicted molar refractivity (Wildman–Crippen MR) is 73.3 cm³/mol. The number of aliphatic hydroxyl groups excluding tert-OH is 1. The highest BCUT2D eigenvalue weighted by Gasteiger charge is 2.16. The summed E-state index contributed by atoms with van der Waals surface area (Å²) < 4.78 is 11.3. The fourth-order valence-corrected chi connectivity index (χ4v) is 1.79. The molecule has 2 rings (SSSR count). The van der Waals surface area contributed by atoms with Crippen molar-refractivity contribution in [1.82, 2.24) is 9.72 Å². The molecule has 1 unspecified atom stereocenters. The maximum absolute atomic E-state index is 11.7. The Labute approximate surface area is 116 Å². The van der Waals surface area contributed by atoms with E-state index >= 15 is 0 Å². The molecule has 0 spiro atoms. The van der Waals surface area contributed by atoms with Gasteiger partial charge in [0.15, 0.2) is 5.82 Å². The minimum atomic E-state index is -0.794. The average molecular weight is 278 g/mol. The van der Waals surface area contributed by atoms with Crippen LogP contribution in [0.15, 0.2) is 39.6 Å². The van der Waals surface area contributed by atoms with Gasteiger partial charge in [-0.3, -0.25) is 9.09 Å². The molecule has 0 aliphatic carbocycles. The largest absolute Gasteiger partial charge is 0.441 e. The first kappa shape index (κ1) is 14.5. The second kappa shape index (κ2) is 6.49. The average Bonchev–Trinajstić information content (AvgIpc) is 2.79. The van der Waals surface area contributed by atoms with Gasteiger partial charge in [-0.1, -0.05) is 35.5 Å². The second-order valence-electron chi connectivity index (χ2n) is 4.78. The van der Waals surface area contributed by atoms with Crippen LogP contribution in [0.2, 0.25) is 0 Å². The Hall–Kier alpha value is -1.92. The summed E-state index contributed by atoms with van der Waals surface area (Å²) in [4.78, 5) is 11.7. The number of nitrogens with zero attached hydrogens (tertiary/aromatic N) is 2. The third-order valence-corrected chi connectivity index (χ3v) is 2.73. The van der Waals surface area contributed by atoms with E-state index < -0.39 is 11.9 Å². The first-order valence-corrected chi connectivity index (χ1v) is 6.49. The summed E-state index contributed by atoms with van der Waals surface area (Å²) in [7, 11) is 0. The summed E-state index contributed by atoms with van der Waals surface area (Å²) >= 11 is 0. The van der Waals surface area contributed by atoms with E-state index in [9.17, 15) is 9.90 Å². The van der Waals surface area contributed by atoms with Crippen molar-refractivity contribution in [2.45, 2.75) is 32.6 Å². The van der Waals surface area contributed by atoms with E-state index in [-0.39, 0.29) is 19.3 Å². The molecule has 0 radical (unpaired) electrons. The lowest BCUT2D eigenvalue weighted by atomic mass is 10.2. The van der Waals surface area contributed by atoms with Crippen LogP contribution in [-0.4, -0.2) is 33.6 Å². The van der Waals surface area contributed by atoms with Crippen LogP contribution in [0.5, 0.6) is 0 Å². The van der Waals surface area contributed by atoms with Crippen LogP contribution in [0, 0.1) is 0 Å². The number of hydrogen-bond acceptors (Lipinski definition) is 5. The highest BCUT2D eigenvalue weighted by molar-refractivity contribution is 5.54. The van der Waals surface area contributed by atoms with Gasteiger partial charge in [0.25, 0.3) is 0 Å². The lowest BCUT2D eigenvalue weighted by Gasteiger charge is -2.14. The monoisotopic (exact) mass is 278 g/mol. The summed E-state index contributed by atoms with van der Waals surface area (Å²) in [6.07, 6.45) is -0.769. The van der Waals surface area contributed by atoms with Gasteiger partial charge in [0.2, 0.25) is 0 Å². The topological polar surface area (TPSA) is 77.5 Å². The van der Waals surface area contributed by atoms with Gasteiger partial charge in [0.1, 0.15) is 0 Å². The van der Waals surface area contributed by atoms with Gasteiger partial charge >= 0.3 is 5.76 Å². The third kappa shape index (κ3) is 3.55. The molecular formula is C14H18N2O4. The molecule has 6 heteroatoms. The second-order valence-corrected chi connectivity index (χ2v) is 4.78. The normalized spacial score (nSPS) is 12.8. The molecule has 1 heterocycles. The first-order chi connectivity index (χ1) is 9.58. The van der Waals surface area contributed by atoms with E-state index in [1.807, 2.05) is 44.2 Å². The standard InChI is InChI=1S/C14H18N2O4/c1-10(2)19-9-12(17)8-16-13(15-20-14(16)18)11-6-4-3-5-7-11/h3-7,10,12,17H,8-9H2,1-2H3. The lowest BCUT2D eigenvalue weighted by molar-refractivity contribution is -0.00119. The number of benzene rings is 1. The molecule has 0 saturated heterocycles. The van der Waals surface area contributed by atoms with Crippen molar-refractivity contribution in [3.8, 4) is 11.4 Å². The van der Waals surface area contributed by atoms with Gasteiger partial charge < -0.3 is 9.84 Å². The fourth-order valence-electron chi connectivity index (χ4n) is 1.79. The van der Waals surface area contributed by atoms with Crippen LogP contribution < -0.4 is 5.76 Å². The minimum absolute atomic E-state index is 0.0254. The number of hydrogen-bond donors (Lipinski definition) is 1. The molecule has 1 aromatic carbocycles. The summed E-state index contributed by atoms with van der Waals surface area (Å²) in [5.41, 5.74) is 0.760. The molecule has 0 saturated carbocycles. The van der Waals surface area contributed by atoms with Crippen molar-refractivity contribution < 1.29 is 14.4 Å². The molecule has 108 valence electrons. The summed E-state index contributed by atoms with van der Waals surface area (Å²) in [6.45, 7) is 4.00. The molecule has 0 aliphatic rings. The number of aliphatic hydroxyl groups is 1. The van der Waals surface area contributed by atoms with E-state index in [1.54, 1.807) is 0 Å². The predicted octanol–water partition coefficient (Wildman–Crippen LogP) is 1.29. The van der Waals surface area contributed by atoms with Gasteiger partial charge in [-0.2, -0.15) is 0 Å². The number of rotatable bonds is 6. The summed E-state index contributed by atoms with van der Waals surface area (Å²) in [5.74, 6) is -0.188. The van der Waals surface area contributed by atoms with Crippen LogP contribution in [-0.2, 0) is 11.3 Å². The molecule has 2 aromatic rings. The van der Waals surface area contributed by atoms with E-state index in [2.05, 4.69) is 9.68 Å². The Morgan fingerprint density at radius 3 is 2.70 bits per heavy atom. The summed E-state index contributed by atoms with van der Waals surface area (Å²) in [6, 6.07) is 9.21. The van der Waals surface area contributed by atoms with E-state index in [0.29, 0.717) is 5.82 Å². The van der Waals surface area contributed by atoms with Crippen molar-refractivity contribution in [3.05, 3.63) is 40.9 Å². The molecule has 6 nitrogen and oxygen atoms in total. The van der Waals surface area contributed by atoms with Crippen LogP contribution >= 0.6 is 0 Å². The summed E-state index contributed by atoms with van der Waals surface area (Å²) in [5, 5.41) is 13.7. The van der Waals surface area contributed by atoms with Gasteiger partial charge in [-0.15, -0.1) is 0 Å². The quantitative estimate of drug-likeness (QED) is 0.861. The molecule has 1 aromatic heterocycles. The van der Waals surface area contributed by atoms with E-state index in [1.165, 1.54) is 4.57 Å². The van der Waals surface area contributed by atoms with Crippen LogP contribution in [0.1, 0.15) is 13.8 Å². The third-order valence-electron chi connectivity index (χ3n) is 2.73. The minimum Gasteiger partial charge on any atom is -0.389 e. The van der Waals surface area contributed by atoms with Gasteiger partial charge in [0.05, 0.1) is 25.4 Å². The molecule has 1 N–H and O–H groups in total. The molecule has 20 heavy (non-hydrogen) atoms. The SMILES string of the molecule is CC(C)OCC(O)Cn1c(-c2ccccc2)noc1=O. The van der Waals surface area contributed by atoms with E-state index in [0.717, 1.165) is 5.56 Å². The highest BCUT2D eigenvalue weighted by Crippen LogP contribution is 2.15. The Bertz CT molecular complexity index is 589. The maximum atomic E-state index is 11.7. The zero-order chi connectivity index (χ0) is 14.5. The Morgan fingerprint density at radius 1 is 1.35 bits per heavy atom. The fraction of sp³-hybridized carbons (Fsp3) is 0.429. The van der Waals surface area contributed by atoms with Crippen molar-refractivity contribution in [1.29, 1.82) is 0 Å². The zero-order valence-electron chi connectivity index (χ0n) is 11.5. The lowest BCUT2D eigenvalue weighted by Crippen LogP contribution is -2.28. The zero-order valence-corrected chi connectivity index (χ0v) is 11.5. The van der Waals surface area contributed by atoms with Gasteiger partial charge in [-0.05, 0) is 13.8 Å². The molecular weight excluding hydrogens is 260 g/mol. The van der Waals surface area contributed by atoms with Gasteiger partial charge in [-0.25, -0.2) is 4.79 Å². The van der Waals surface area contributed by atoms with Gasteiger partial charge in [0, 0.05) is 5.56 Å². The van der Waals surface area contributed by atoms with Crippen LogP contribution in [0.25, 0.3) is 11.4 Å². The van der Waals surface area contributed by atoms with Crippen molar-refractivity contribution in [2.24, 2.45) is 0 Å². The Morgan fingerprint density at radius 2 is 2.05 bits per heavy atom. The highest BCUT2D eigenvalue weighted by atomic mass is 16.5. The van der Waals surface area contributed by atoms with Crippen LogP contribution in [0.3, 0.4) is 0 Å². The van der Waals surface area contributed by atoms with Crippen molar-refractivity contribution in [2.75, 3.05) is 6.61 Å². The number of aromatic nitrogens is 2. The molecule has 0 amide bonds. The first-order valence-electron chi connectivity index (χ1n) is 6.49. The molecule has 0 aliphatic heterocycles. The van der Waals surface area contributed by atoms with Crippen LogP contribution in [0.4, 0.5) is 0 Å². The Balaban J connectivity index is 2.16. The number of ether oxygens (including phenoxy) is 1. The van der Waals surface area contributed by atoms with E-state index in [4.69, 9.17) is 4.74 Å². The van der Waals surface area contributed by atoms with Crippen molar-refractivity contribution in [3.63, 3.8) is 0 Å². The van der Waals surface area contributed by atoms with Crippen molar-refractivity contribution >= 4 is 0 Å².